The van der Waals surface area contributed by atoms with E-state index >= 15 is 0 Å². The van der Waals surface area contributed by atoms with E-state index in [4.69, 9.17) is 9.72 Å². The highest BCUT2D eigenvalue weighted by Crippen LogP contribution is 2.41. The van der Waals surface area contributed by atoms with Crippen LogP contribution in [-0.4, -0.2) is 22.5 Å². The van der Waals surface area contributed by atoms with Crippen LogP contribution in [0.5, 0.6) is 5.75 Å². The van der Waals surface area contributed by atoms with E-state index in [-0.39, 0.29) is 12.5 Å². The van der Waals surface area contributed by atoms with Crippen LogP contribution < -0.4 is 10.1 Å². The van der Waals surface area contributed by atoms with Gasteiger partial charge in [-0.25, -0.2) is 4.98 Å². The maximum Gasteiger partial charge on any atom is 0.262 e. The largest absolute Gasteiger partial charge is 0.481 e. The topological polar surface area (TPSA) is 64.1 Å². The second kappa shape index (κ2) is 5.48. The molecule has 5 nitrogen and oxygen atoms in total. The van der Waals surface area contributed by atoms with Crippen LogP contribution in [0.2, 0.25) is 0 Å². The molecule has 0 spiro atoms. The minimum atomic E-state index is -0.132. The summed E-state index contributed by atoms with van der Waals surface area (Å²) in [5, 5.41) is 5.78. The molecule has 1 amide bonds. The number of nitrogens with zero attached hydrogens (tertiary/aromatic N) is 2. The first kappa shape index (κ1) is 13.9. The van der Waals surface area contributed by atoms with Crippen LogP contribution in [0.15, 0.2) is 42.0 Å². The number of carbonyl (C=O) groups excluding carboxylic acids is 1. The SMILES string of the molecule is Cc1ccc(-c2csc(-c3cccnc3)n2)c2c1NC(=O)CO2. The first-order chi connectivity index (χ1) is 11.2. The van der Waals surface area contributed by atoms with Crippen LogP contribution in [-0.2, 0) is 4.79 Å². The lowest BCUT2D eigenvalue weighted by Crippen LogP contribution is -2.26. The normalized spacial score (nSPS) is 13.2. The molecule has 1 aliphatic heterocycles. The molecule has 0 atom stereocenters. The number of hydrogen-bond acceptors (Lipinski definition) is 5. The number of fused-ring (bicyclic) bond motifs is 1. The molecule has 1 N–H and O–H groups in total. The molecule has 0 aliphatic carbocycles. The molecule has 0 saturated heterocycles. The number of hydrogen-bond donors (Lipinski definition) is 1. The minimum Gasteiger partial charge on any atom is -0.481 e. The first-order valence-corrected chi connectivity index (χ1v) is 8.03. The van der Waals surface area contributed by atoms with E-state index in [0.29, 0.717) is 5.75 Å². The predicted molar refractivity (Wildman–Crippen MR) is 89.6 cm³/mol. The molecular formula is C17H13N3O2S. The molecule has 0 radical (unpaired) electrons. The molecule has 3 aromatic rings. The summed E-state index contributed by atoms with van der Waals surface area (Å²) in [6.07, 6.45) is 3.54. The van der Waals surface area contributed by atoms with Crippen molar-refractivity contribution in [3.63, 3.8) is 0 Å². The van der Waals surface area contributed by atoms with Gasteiger partial charge in [0.2, 0.25) is 0 Å². The first-order valence-electron chi connectivity index (χ1n) is 7.15. The van der Waals surface area contributed by atoms with E-state index in [0.717, 1.165) is 33.1 Å². The minimum absolute atomic E-state index is 0.0308. The summed E-state index contributed by atoms with van der Waals surface area (Å²) < 4.78 is 5.66. The van der Waals surface area contributed by atoms with Gasteiger partial charge in [-0.2, -0.15) is 0 Å². The number of thiazole rings is 1. The molecule has 114 valence electrons. The molecule has 3 heterocycles. The van der Waals surface area contributed by atoms with Crippen LogP contribution in [0.4, 0.5) is 5.69 Å². The third kappa shape index (κ3) is 2.47. The average molecular weight is 323 g/mol. The van der Waals surface area contributed by atoms with Crippen molar-refractivity contribution in [1.82, 2.24) is 9.97 Å². The van der Waals surface area contributed by atoms with Crippen molar-refractivity contribution in [2.24, 2.45) is 0 Å². The summed E-state index contributed by atoms with van der Waals surface area (Å²) in [4.78, 5) is 20.4. The van der Waals surface area contributed by atoms with Gasteiger partial charge in [0, 0.05) is 28.9 Å². The molecule has 23 heavy (non-hydrogen) atoms. The van der Waals surface area contributed by atoms with Crippen molar-refractivity contribution in [2.75, 3.05) is 11.9 Å². The predicted octanol–water partition coefficient (Wildman–Crippen LogP) is 3.51. The Balaban J connectivity index is 1.79. The summed E-state index contributed by atoms with van der Waals surface area (Å²) in [7, 11) is 0. The van der Waals surface area contributed by atoms with Crippen LogP contribution in [0.25, 0.3) is 21.8 Å². The highest BCUT2D eigenvalue weighted by atomic mass is 32.1. The molecule has 4 rings (SSSR count). The molecule has 6 heteroatoms. The molecule has 0 fully saturated rings. The third-order valence-corrected chi connectivity index (χ3v) is 4.56. The second-order valence-corrected chi connectivity index (χ2v) is 6.11. The fraction of sp³-hybridized carbons (Fsp3) is 0.118. The summed E-state index contributed by atoms with van der Waals surface area (Å²) in [6.45, 7) is 1.97. The van der Waals surface area contributed by atoms with Crippen molar-refractivity contribution < 1.29 is 9.53 Å². The number of amides is 1. The Kier molecular flexibility index (Phi) is 3.31. The monoisotopic (exact) mass is 323 g/mol. The zero-order valence-corrected chi connectivity index (χ0v) is 13.2. The summed E-state index contributed by atoms with van der Waals surface area (Å²) in [6, 6.07) is 7.82. The van der Waals surface area contributed by atoms with E-state index in [9.17, 15) is 4.79 Å². The Morgan fingerprint density at radius 1 is 1.30 bits per heavy atom. The number of anilines is 1. The quantitative estimate of drug-likeness (QED) is 0.784. The number of benzene rings is 1. The summed E-state index contributed by atoms with van der Waals surface area (Å²) >= 11 is 1.56. The van der Waals surface area contributed by atoms with E-state index in [1.54, 1.807) is 23.7 Å². The Labute approximate surface area is 137 Å². The van der Waals surface area contributed by atoms with Crippen molar-refractivity contribution in [3.8, 4) is 27.6 Å². The molecule has 1 aliphatic rings. The Hall–Kier alpha value is -2.73. The van der Waals surface area contributed by atoms with Gasteiger partial charge in [-0.05, 0) is 30.7 Å². The number of aromatic nitrogens is 2. The lowest BCUT2D eigenvalue weighted by Gasteiger charge is -2.22. The standard InChI is InChI=1S/C17H13N3O2S/c1-10-4-5-12(16-15(10)20-14(21)8-22-16)13-9-23-17(19-13)11-3-2-6-18-7-11/h2-7,9H,8H2,1H3,(H,20,21). The van der Waals surface area contributed by atoms with Crippen molar-refractivity contribution in [2.45, 2.75) is 6.92 Å². The van der Waals surface area contributed by atoms with Gasteiger partial charge in [0.25, 0.3) is 5.91 Å². The summed E-state index contributed by atoms with van der Waals surface area (Å²) in [5.74, 6) is 0.555. The number of aryl methyl sites for hydroxylation is 1. The fourth-order valence-electron chi connectivity index (χ4n) is 2.52. The Morgan fingerprint density at radius 2 is 2.22 bits per heavy atom. The van der Waals surface area contributed by atoms with Gasteiger partial charge in [0.05, 0.1) is 11.4 Å². The number of ether oxygens (including phenoxy) is 1. The van der Waals surface area contributed by atoms with E-state index in [1.807, 2.05) is 36.6 Å². The molecular weight excluding hydrogens is 310 g/mol. The van der Waals surface area contributed by atoms with Crippen molar-refractivity contribution in [3.05, 3.63) is 47.6 Å². The second-order valence-electron chi connectivity index (χ2n) is 5.25. The third-order valence-electron chi connectivity index (χ3n) is 3.67. The van der Waals surface area contributed by atoms with Gasteiger partial charge in [0.15, 0.2) is 12.4 Å². The summed E-state index contributed by atoms with van der Waals surface area (Å²) in [5.41, 5.74) is 4.41. The molecule has 1 aromatic carbocycles. The lowest BCUT2D eigenvalue weighted by molar-refractivity contribution is -0.118. The highest BCUT2D eigenvalue weighted by molar-refractivity contribution is 7.13. The lowest BCUT2D eigenvalue weighted by atomic mass is 10.1. The van der Waals surface area contributed by atoms with E-state index in [1.165, 1.54) is 0 Å². The van der Waals surface area contributed by atoms with Crippen molar-refractivity contribution >= 4 is 22.9 Å². The number of carbonyl (C=O) groups is 1. The number of pyridine rings is 1. The van der Waals surface area contributed by atoms with Crippen LogP contribution in [0.3, 0.4) is 0 Å². The molecule has 0 unspecified atom stereocenters. The van der Waals surface area contributed by atoms with E-state index < -0.39 is 0 Å². The fourth-order valence-corrected chi connectivity index (χ4v) is 3.33. The van der Waals surface area contributed by atoms with Crippen LogP contribution in [0, 0.1) is 6.92 Å². The van der Waals surface area contributed by atoms with Crippen molar-refractivity contribution in [1.29, 1.82) is 0 Å². The van der Waals surface area contributed by atoms with Crippen LogP contribution >= 0.6 is 11.3 Å². The van der Waals surface area contributed by atoms with Gasteiger partial charge in [-0.3, -0.25) is 9.78 Å². The van der Waals surface area contributed by atoms with E-state index in [2.05, 4.69) is 10.3 Å². The smallest absolute Gasteiger partial charge is 0.262 e. The highest BCUT2D eigenvalue weighted by Gasteiger charge is 2.23. The number of rotatable bonds is 2. The maximum absolute atomic E-state index is 11.6. The van der Waals surface area contributed by atoms with Gasteiger partial charge < -0.3 is 10.1 Å². The maximum atomic E-state index is 11.6. The average Bonchev–Trinajstić information content (AvgIpc) is 3.06. The Morgan fingerprint density at radius 3 is 3.04 bits per heavy atom. The van der Waals surface area contributed by atoms with Crippen LogP contribution in [0.1, 0.15) is 5.56 Å². The zero-order valence-electron chi connectivity index (χ0n) is 12.4. The molecule has 2 aromatic heterocycles. The Bertz CT molecular complexity index is 890. The van der Waals surface area contributed by atoms with Gasteiger partial charge in [-0.1, -0.05) is 6.07 Å². The zero-order chi connectivity index (χ0) is 15.8. The molecule has 0 saturated carbocycles. The van der Waals surface area contributed by atoms with Gasteiger partial charge >= 0.3 is 0 Å². The number of nitrogens with one attached hydrogen (secondary N) is 1. The van der Waals surface area contributed by atoms with Gasteiger partial charge in [0.1, 0.15) is 5.01 Å². The molecule has 0 bridgehead atoms. The van der Waals surface area contributed by atoms with Gasteiger partial charge in [-0.15, -0.1) is 11.3 Å².